The van der Waals surface area contributed by atoms with E-state index in [2.05, 4.69) is 10.6 Å². The van der Waals surface area contributed by atoms with Crippen LogP contribution >= 0.6 is 11.8 Å². The van der Waals surface area contributed by atoms with Gasteiger partial charge >= 0.3 is 0 Å². The average molecular weight is 650 g/mol. The Kier molecular flexibility index (Phi) is 10.6. The Hall–Kier alpha value is -3.25. The van der Waals surface area contributed by atoms with Gasteiger partial charge in [-0.1, -0.05) is 42.5 Å². The minimum atomic E-state index is -1.43. The smallest absolute Gasteiger partial charge is 0.242 e. The summed E-state index contributed by atoms with van der Waals surface area (Å²) in [5, 5.41) is 15.0. The third-order valence-electron chi connectivity index (χ3n) is 10.6. The molecule has 2 aromatic carbocycles. The zero-order valence-electron chi connectivity index (χ0n) is 26.5. The fourth-order valence-electron chi connectivity index (χ4n) is 8.48. The number of aromatic hydroxyl groups is 1. The van der Waals surface area contributed by atoms with Crippen molar-refractivity contribution in [3.05, 3.63) is 65.7 Å². The number of hydrogen-bond donors (Lipinski definition) is 6. The minimum Gasteiger partial charge on any atom is -0.508 e. The van der Waals surface area contributed by atoms with E-state index < -0.39 is 40.9 Å². The summed E-state index contributed by atoms with van der Waals surface area (Å²) in [5.41, 5.74) is 19.1. The van der Waals surface area contributed by atoms with Crippen LogP contribution in [0.25, 0.3) is 0 Å². The normalized spacial score (nSPS) is 28.2. The molecule has 0 heterocycles. The molecule has 0 radical (unpaired) electrons. The molecule has 248 valence electrons. The zero-order valence-corrected chi connectivity index (χ0v) is 27.3. The van der Waals surface area contributed by atoms with Crippen molar-refractivity contribution in [2.75, 3.05) is 18.6 Å². The van der Waals surface area contributed by atoms with Crippen molar-refractivity contribution >= 4 is 35.1 Å². The van der Waals surface area contributed by atoms with Gasteiger partial charge in [0.15, 0.2) is 11.6 Å². The summed E-state index contributed by atoms with van der Waals surface area (Å²) in [6.07, 6.45) is 6.56. The molecule has 3 unspecified atom stereocenters. The summed E-state index contributed by atoms with van der Waals surface area (Å²) < 4.78 is 0. The Labute approximate surface area is 275 Å². The molecule has 11 heteroatoms. The van der Waals surface area contributed by atoms with Gasteiger partial charge in [-0.3, -0.25) is 19.2 Å². The number of phenolic OH excluding ortho intramolecular Hbond substituents is 1. The molecule has 10 nitrogen and oxygen atoms in total. The van der Waals surface area contributed by atoms with E-state index in [0.717, 1.165) is 30.4 Å². The molecule has 0 saturated heterocycles. The zero-order chi connectivity index (χ0) is 33.1. The third-order valence-corrected chi connectivity index (χ3v) is 11.2. The lowest BCUT2D eigenvalue weighted by molar-refractivity contribution is -0.172. The Morgan fingerprint density at radius 2 is 1.50 bits per heavy atom. The maximum atomic E-state index is 14.3. The summed E-state index contributed by atoms with van der Waals surface area (Å²) >= 11 is 1.53. The number of benzene rings is 2. The molecule has 4 fully saturated rings. The first-order valence-electron chi connectivity index (χ1n) is 16.2. The molecule has 0 aromatic heterocycles. The highest BCUT2D eigenvalue weighted by atomic mass is 32.2. The van der Waals surface area contributed by atoms with Crippen LogP contribution in [0.1, 0.15) is 49.7 Å². The summed E-state index contributed by atoms with van der Waals surface area (Å²) in [4.78, 5) is 54.9. The van der Waals surface area contributed by atoms with Gasteiger partial charge in [-0.25, -0.2) is 0 Å². The number of nitrogens with one attached hydrogen (secondary N) is 2. The lowest BCUT2D eigenvalue weighted by Crippen LogP contribution is -2.77. The largest absolute Gasteiger partial charge is 0.508 e. The van der Waals surface area contributed by atoms with Gasteiger partial charge < -0.3 is 32.9 Å². The Bertz CT molecular complexity index is 1410. The van der Waals surface area contributed by atoms with E-state index in [9.17, 15) is 24.3 Å². The topological polar surface area (TPSA) is 191 Å². The predicted octanol–water partition coefficient (Wildman–Crippen LogP) is 1.85. The van der Waals surface area contributed by atoms with Gasteiger partial charge in [-0.15, -0.1) is 0 Å². The molecule has 2 amide bonds. The second-order valence-electron chi connectivity index (χ2n) is 13.6. The second-order valence-corrected chi connectivity index (χ2v) is 14.6. The highest BCUT2D eigenvalue weighted by Crippen LogP contribution is 2.64. The van der Waals surface area contributed by atoms with Gasteiger partial charge in [0.1, 0.15) is 11.8 Å². The van der Waals surface area contributed by atoms with Crippen LogP contribution in [0.5, 0.6) is 5.75 Å². The predicted molar refractivity (Wildman–Crippen MR) is 179 cm³/mol. The fourth-order valence-corrected chi connectivity index (χ4v) is 8.95. The molecule has 46 heavy (non-hydrogen) atoms. The van der Waals surface area contributed by atoms with E-state index >= 15 is 0 Å². The van der Waals surface area contributed by atoms with Crippen LogP contribution in [-0.2, 0) is 32.0 Å². The molecule has 4 saturated carbocycles. The van der Waals surface area contributed by atoms with E-state index in [-0.39, 0.29) is 36.2 Å². The Balaban J connectivity index is 1.28. The first-order valence-corrected chi connectivity index (χ1v) is 17.6. The van der Waals surface area contributed by atoms with Crippen LogP contribution in [0.15, 0.2) is 54.6 Å². The maximum absolute atomic E-state index is 14.3. The van der Waals surface area contributed by atoms with Crippen molar-refractivity contribution in [3.63, 3.8) is 0 Å². The molecule has 6 atom stereocenters. The second kappa shape index (κ2) is 14.3. The number of amides is 2. The Morgan fingerprint density at radius 1 is 0.891 bits per heavy atom. The molecule has 9 N–H and O–H groups in total. The molecule has 4 bridgehead atoms. The standard InChI is InChI=1S/C35H47N5O5S/c1-46-12-11-29(40-32(44)28(37)17-22-7-9-26(41)10-8-22)33(45)39-20-30(42)35(38)25-14-23-13-24(15-25)19-34(35,18-23)31(43)27(36)16-21-5-3-2-4-6-21/h2-10,23-25,27-29,41H,11-20,36-38H2,1H3,(H,39,45)(H,40,44)/t23?,24?,25?,27-,28-,29+,34?,35?/m0/s1. The van der Waals surface area contributed by atoms with Crippen molar-refractivity contribution < 1.29 is 24.3 Å². The molecular formula is C35H47N5O5S. The summed E-state index contributed by atoms with van der Waals surface area (Å²) in [5.74, 6) is -0.265. The average Bonchev–Trinajstić information content (AvgIpc) is 3.04. The van der Waals surface area contributed by atoms with Gasteiger partial charge in [0.05, 0.1) is 29.6 Å². The van der Waals surface area contributed by atoms with E-state index in [4.69, 9.17) is 17.2 Å². The molecule has 0 aliphatic heterocycles. The van der Waals surface area contributed by atoms with Crippen molar-refractivity contribution in [3.8, 4) is 5.75 Å². The van der Waals surface area contributed by atoms with Crippen LogP contribution in [-0.4, -0.2) is 70.7 Å². The molecule has 0 spiro atoms. The highest BCUT2D eigenvalue weighted by molar-refractivity contribution is 7.98. The van der Waals surface area contributed by atoms with Crippen LogP contribution < -0.4 is 27.8 Å². The van der Waals surface area contributed by atoms with Crippen molar-refractivity contribution in [2.45, 2.75) is 75.0 Å². The van der Waals surface area contributed by atoms with Crippen molar-refractivity contribution in [2.24, 2.45) is 40.4 Å². The summed E-state index contributed by atoms with van der Waals surface area (Å²) in [7, 11) is 0. The van der Waals surface area contributed by atoms with E-state index in [1.54, 1.807) is 12.1 Å². The molecule has 6 rings (SSSR count). The number of carbonyl (C=O) groups is 4. The third kappa shape index (κ3) is 6.88. The van der Waals surface area contributed by atoms with Crippen molar-refractivity contribution in [1.82, 2.24) is 10.6 Å². The number of rotatable bonds is 15. The van der Waals surface area contributed by atoms with Gasteiger partial charge in [0, 0.05) is 0 Å². The monoisotopic (exact) mass is 649 g/mol. The van der Waals surface area contributed by atoms with Crippen LogP contribution in [0.2, 0.25) is 0 Å². The van der Waals surface area contributed by atoms with E-state index in [0.29, 0.717) is 43.3 Å². The fraction of sp³-hybridized carbons (Fsp3) is 0.543. The van der Waals surface area contributed by atoms with Gasteiger partial charge in [0.25, 0.3) is 0 Å². The lowest BCUT2D eigenvalue weighted by atomic mass is 9.39. The molecule has 2 aromatic rings. The van der Waals surface area contributed by atoms with Gasteiger partial charge in [-0.2, -0.15) is 11.8 Å². The number of thioether (sulfide) groups is 1. The molecular weight excluding hydrogens is 602 g/mol. The van der Waals surface area contributed by atoms with Crippen molar-refractivity contribution in [1.29, 1.82) is 0 Å². The quantitative estimate of drug-likeness (QED) is 0.167. The minimum absolute atomic E-state index is 0.114. The Morgan fingerprint density at radius 3 is 2.13 bits per heavy atom. The molecule has 4 aliphatic rings. The number of phenols is 1. The SMILES string of the molecule is CSCC[C@@H](NC(=O)[C@@H](N)Cc1ccc(O)cc1)C(=O)NCC(=O)C1(N)C2CC3CC(C2)CC1(C(=O)[C@@H](N)Cc1ccccc1)C3. The number of carbonyl (C=O) groups excluding carboxylic acids is 4. The van der Waals surface area contributed by atoms with Crippen LogP contribution in [0.4, 0.5) is 0 Å². The lowest BCUT2D eigenvalue weighted by Gasteiger charge is -2.65. The summed E-state index contributed by atoms with van der Waals surface area (Å²) in [6.45, 7) is -0.338. The number of ketones is 2. The van der Waals surface area contributed by atoms with Gasteiger partial charge in [0.2, 0.25) is 11.8 Å². The first-order chi connectivity index (χ1) is 22.0. The number of Topliss-reactive ketones (excluding diaryl/α,β-unsaturated/α-hetero) is 2. The van der Waals surface area contributed by atoms with Gasteiger partial charge in [-0.05, 0) is 104 Å². The maximum Gasteiger partial charge on any atom is 0.242 e. The van der Waals surface area contributed by atoms with E-state index in [1.807, 2.05) is 36.6 Å². The number of hydrogen-bond acceptors (Lipinski definition) is 9. The van der Waals surface area contributed by atoms with Crippen LogP contribution in [0, 0.1) is 23.2 Å². The summed E-state index contributed by atoms with van der Waals surface area (Å²) in [6, 6.07) is 13.4. The number of nitrogens with two attached hydrogens (primary N) is 3. The highest BCUT2D eigenvalue weighted by Gasteiger charge is 2.69. The molecule has 4 aliphatic carbocycles. The first kappa shape index (κ1) is 34.1. The van der Waals surface area contributed by atoms with Crippen LogP contribution in [0.3, 0.4) is 0 Å². The van der Waals surface area contributed by atoms with E-state index in [1.165, 1.54) is 23.9 Å².